The number of carbonyl (C=O) groups excluding carboxylic acids is 1. The van der Waals surface area contributed by atoms with Crippen molar-refractivity contribution < 1.29 is 4.79 Å². The van der Waals surface area contributed by atoms with Crippen LogP contribution >= 0.6 is 0 Å². The van der Waals surface area contributed by atoms with Crippen LogP contribution in [0.2, 0.25) is 0 Å². The Morgan fingerprint density at radius 3 is 3.12 bits per heavy atom. The molecule has 0 saturated carbocycles. The van der Waals surface area contributed by atoms with Gasteiger partial charge in [-0.1, -0.05) is 19.1 Å². The van der Waals surface area contributed by atoms with Crippen LogP contribution in [-0.2, 0) is 6.54 Å². The zero-order valence-electron chi connectivity index (χ0n) is 9.86. The molecule has 1 aromatic heterocycles. The van der Waals surface area contributed by atoms with E-state index in [2.05, 4.69) is 22.6 Å². The first-order valence-electron chi connectivity index (χ1n) is 5.81. The molecule has 0 radical (unpaired) electrons. The fourth-order valence-electron chi connectivity index (χ4n) is 2.13. The van der Waals surface area contributed by atoms with Crippen LogP contribution in [0.15, 0.2) is 6.20 Å². The molecule has 0 aromatic carbocycles. The summed E-state index contributed by atoms with van der Waals surface area (Å²) >= 11 is 0. The molecule has 0 spiro atoms. The van der Waals surface area contributed by atoms with E-state index in [9.17, 15) is 4.79 Å². The second-order valence-electron chi connectivity index (χ2n) is 4.66. The second kappa shape index (κ2) is 4.33. The van der Waals surface area contributed by atoms with Crippen molar-refractivity contribution >= 4 is 5.78 Å². The molecule has 0 aliphatic carbocycles. The summed E-state index contributed by atoms with van der Waals surface area (Å²) in [4.78, 5) is 12.4. The number of carbonyl (C=O) groups is 1. The standard InChI is InChI=1S/C11H18N4O/c1-3-6-15-9(7-13-14-15)10(16)11(2)4-5-12-8-11/h7,12H,3-6,8H2,1-2H3. The number of nitrogens with zero attached hydrogens (tertiary/aromatic N) is 3. The van der Waals surface area contributed by atoms with E-state index in [1.807, 2.05) is 6.92 Å². The van der Waals surface area contributed by atoms with Crippen molar-refractivity contribution in [3.63, 3.8) is 0 Å². The van der Waals surface area contributed by atoms with Crippen LogP contribution in [0.25, 0.3) is 0 Å². The second-order valence-corrected chi connectivity index (χ2v) is 4.66. The van der Waals surface area contributed by atoms with Crippen molar-refractivity contribution in [3.05, 3.63) is 11.9 Å². The average molecular weight is 222 g/mol. The molecule has 5 nitrogen and oxygen atoms in total. The Balaban J connectivity index is 2.23. The third-order valence-electron chi connectivity index (χ3n) is 3.20. The van der Waals surface area contributed by atoms with E-state index >= 15 is 0 Å². The Morgan fingerprint density at radius 2 is 2.50 bits per heavy atom. The summed E-state index contributed by atoms with van der Waals surface area (Å²) in [5.74, 6) is 0.163. The van der Waals surface area contributed by atoms with Gasteiger partial charge >= 0.3 is 0 Å². The predicted octanol–water partition coefficient (Wildman–Crippen LogP) is 0.870. The van der Waals surface area contributed by atoms with E-state index in [1.54, 1.807) is 10.9 Å². The SMILES string of the molecule is CCCn1nncc1C(=O)C1(C)CCNC1. The quantitative estimate of drug-likeness (QED) is 0.768. The summed E-state index contributed by atoms with van der Waals surface area (Å²) in [5, 5.41) is 11.0. The van der Waals surface area contributed by atoms with Gasteiger partial charge in [-0.3, -0.25) is 4.79 Å². The van der Waals surface area contributed by atoms with E-state index in [4.69, 9.17) is 0 Å². The van der Waals surface area contributed by atoms with Crippen molar-refractivity contribution in [3.8, 4) is 0 Å². The number of hydrogen-bond donors (Lipinski definition) is 1. The first-order valence-corrected chi connectivity index (χ1v) is 5.81. The van der Waals surface area contributed by atoms with Gasteiger partial charge in [0.1, 0.15) is 5.69 Å². The number of aromatic nitrogens is 3. The lowest BCUT2D eigenvalue weighted by molar-refractivity contribution is 0.0827. The number of rotatable bonds is 4. The van der Waals surface area contributed by atoms with Gasteiger partial charge < -0.3 is 5.32 Å². The van der Waals surface area contributed by atoms with Gasteiger partial charge in [0.05, 0.1) is 6.20 Å². The minimum absolute atomic E-state index is 0.163. The average Bonchev–Trinajstić information content (AvgIpc) is 2.88. The minimum atomic E-state index is -0.285. The van der Waals surface area contributed by atoms with Gasteiger partial charge in [0.2, 0.25) is 0 Å². The molecule has 2 heterocycles. The predicted molar refractivity (Wildman–Crippen MR) is 60.2 cm³/mol. The lowest BCUT2D eigenvalue weighted by Crippen LogP contribution is -2.32. The number of ketones is 1. The molecule has 1 aromatic rings. The highest BCUT2D eigenvalue weighted by Gasteiger charge is 2.38. The number of nitrogens with one attached hydrogen (secondary N) is 1. The Bertz CT molecular complexity index is 379. The fraction of sp³-hybridized carbons (Fsp3) is 0.727. The highest BCUT2D eigenvalue weighted by molar-refractivity contribution is 5.99. The third-order valence-corrected chi connectivity index (χ3v) is 3.20. The largest absolute Gasteiger partial charge is 0.316 e. The van der Waals surface area contributed by atoms with Crippen LogP contribution in [-0.4, -0.2) is 33.9 Å². The lowest BCUT2D eigenvalue weighted by atomic mass is 9.83. The molecular weight excluding hydrogens is 204 g/mol. The van der Waals surface area contributed by atoms with Crippen molar-refractivity contribution in [1.82, 2.24) is 20.3 Å². The van der Waals surface area contributed by atoms with Crippen LogP contribution in [0.1, 0.15) is 37.2 Å². The Kier molecular flexibility index (Phi) is 3.05. The van der Waals surface area contributed by atoms with Gasteiger partial charge in [-0.25, -0.2) is 4.68 Å². The van der Waals surface area contributed by atoms with Gasteiger partial charge in [-0.2, -0.15) is 0 Å². The smallest absolute Gasteiger partial charge is 0.189 e. The summed E-state index contributed by atoms with van der Waals surface area (Å²) in [5.41, 5.74) is 0.362. The van der Waals surface area contributed by atoms with E-state index in [0.717, 1.165) is 32.5 Å². The number of aryl methyl sites for hydroxylation is 1. The molecule has 1 aliphatic heterocycles. The molecule has 0 bridgehead atoms. The molecule has 1 fully saturated rings. The van der Waals surface area contributed by atoms with Crippen LogP contribution in [0.4, 0.5) is 0 Å². The van der Waals surface area contributed by atoms with Crippen LogP contribution in [0.3, 0.4) is 0 Å². The van der Waals surface area contributed by atoms with E-state index in [-0.39, 0.29) is 11.2 Å². The third kappa shape index (κ3) is 1.87. The topological polar surface area (TPSA) is 59.8 Å². The van der Waals surface area contributed by atoms with Gasteiger partial charge in [-0.15, -0.1) is 5.10 Å². The van der Waals surface area contributed by atoms with E-state index in [1.165, 1.54) is 0 Å². The normalized spacial score (nSPS) is 24.9. The summed E-state index contributed by atoms with van der Waals surface area (Å²) in [6.07, 6.45) is 3.43. The minimum Gasteiger partial charge on any atom is -0.316 e. The molecule has 1 atom stereocenters. The molecule has 88 valence electrons. The summed E-state index contributed by atoms with van der Waals surface area (Å²) in [6, 6.07) is 0. The highest BCUT2D eigenvalue weighted by atomic mass is 16.1. The van der Waals surface area contributed by atoms with Crippen LogP contribution < -0.4 is 5.32 Å². The Labute approximate surface area is 95.2 Å². The van der Waals surface area contributed by atoms with Gasteiger partial charge in [0.15, 0.2) is 5.78 Å². The van der Waals surface area contributed by atoms with Crippen molar-refractivity contribution in [1.29, 1.82) is 0 Å². The molecule has 1 unspecified atom stereocenters. The molecular formula is C11H18N4O. The fourth-order valence-corrected chi connectivity index (χ4v) is 2.13. The van der Waals surface area contributed by atoms with Gasteiger partial charge in [0, 0.05) is 18.5 Å². The molecule has 1 saturated heterocycles. The maximum Gasteiger partial charge on any atom is 0.189 e. The first kappa shape index (κ1) is 11.3. The lowest BCUT2D eigenvalue weighted by Gasteiger charge is -2.20. The van der Waals surface area contributed by atoms with Crippen LogP contribution in [0, 0.1) is 5.41 Å². The first-order chi connectivity index (χ1) is 7.67. The van der Waals surface area contributed by atoms with Crippen molar-refractivity contribution in [2.24, 2.45) is 5.41 Å². The molecule has 0 amide bonds. The molecule has 1 aliphatic rings. The van der Waals surface area contributed by atoms with Gasteiger partial charge in [0.25, 0.3) is 0 Å². The van der Waals surface area contributed by atoms with Gasteiger partial charge in [-0.05, 0) is 19.4 Å². The highest BCUT2D eigenvalue weighted by Crippen LogP contribution is 2.28. The summed E-state index contributed by atoms with van der Waals surface area (Å²) in [6.45, 7) is 6.50. The van der Waals surface area contributed by atoms with E-state index in [0.29, 0.717) is 5.69 Å². The molecule has 2 rings (SSSR count). The summed E-state index contributed by atoms with van der Waals surface area (Å²) in [7, 11) is 0. The maximum absolute atomic E-state index is 12.4. The molecule has 1 N–H and O–H groups in total. The van der Waals surface area contributed by atoms with Crippen molar-refractivity contribution in [2.45, 2.75) is 33.2 Å². The Morgan fingerprint density at radius 1 is 1.69 bits per heavy atom. The zero-order valence-corrected chi connectivity index (χ0v) is 9.86. The van der Waals surface area contributed by atoms with Crippen molar-refractivity contribution in [2.75, 3.05) is 13.1 Å². The molecule has 16 heavy (non-hydrogen) atoms. The molecule has 5 heteroatoms. The number of Topliss-reactive ketones (excluding diaryl/α,β-unsaturated/α-hetero) is 1. The summed E-state index contributed by atoms with van der Waals surface area (Å²) < 4.78 is 1.71. The van der Waals surface area contributed by atoms with Crippen LogP contribution in [0.5, 0.6) is 0 Å². The maximum atomic E-state index is 12.4. The monoisotopic (exact) mass is 222 g/mol. The Hall–Kier alpha value is -1.23. The number of hydrogen-bond acceptors (Lipinski definition) is 4. The van der Waals surface area contributed by atoms with E-state index < -0.39 is 0 Å². The zero-order chi connectivity index (χ0) is 11.6.